The quantitative estimate of drug-likeness (QED) is 0.379. The molecule has 1 amide bonds. The molecule has 0 saturated carbocycles. The molecule has 0 atom stereocenters. The number of benzene rings is 1. The van der Waals surface area contributed by atoms with Crippen molar-refractivity contribution in [2.75, 3.05) is 13.1 Å². The number of nitrogens with two attached hydrogens (primary N) is 1. The summed E-state index contributed by atoms with van der Waals surface area (Å²) in [6.07, 6.45) is 1.23. The maximum Gasteiger partial charge on any atom is 0.254 e. The Balaban J connectivity index is 2.12. The molecule has 1 aliphatic rings. The topological polar surface area (TPSA) is 78.9 Å². The van der Waals surface area contributed by atoms with Crippen LogP contribution in [-0.4, -0.2) is 34.9 Å². The molecule has 0 bridgehead atoms. The van der Waals surface area contributed by atoms with Crippen LogP contribution >= 0.6 is 0 Å². The van der Waals surface area contributed by atoms with Gasteiger partial charge >= 0.3 is 0 Å². The van der Waals surface area contributed by atoms with Crippen molar-refractivity contribution in [1.82, 2.24) is 4.90 Å². The Labute approximate surface area is 123 Å². The number of hydrogen-bond donors (Lipinski definition) is 2. The molecular weight excluding hydrogens is 273 g/mol. The zero-order chi connectivity index (χ0) is 15.6. The molecule has 3 N–H and O–H groups in total. The highest BCUT2D eigenvalue weighted by molar-refractivity contribution is 5.96. The summed E-state index contributed by atoms with van der Waals surface area (Å²) in [5.41, 5.74) is 6.45. The largest absolute Gasteiger partial charge is 0.409 e. The van der Waals surface area contributed by atoms with Crippen LogP contribution in [0.2, 0.25) is 0 Å². The number of nitrogens with zero attached hydrogens (tertiary/aromatic N) is 2. The zero-order valence-corrected chi connectivity index (χ0v) is 12.3. The molecule has 0 radical (unpaired) electrons. The van der Waals surface area contributed by atoms with Gasteiger partial charge in [0.05, 0.1) is 0 Å². The summed E-state index contributed by atoms with van der Waals surface area (Å²) in [6.45, 7) is 4.71. The predicted molar refractivity (Wildman–Crippen MR) is 77.8 cm³/mol. The average Bonchev–Trinajstić information content (AvgIpc) is 2.49. The molecule has 21 heavy (non-hydrogen) atoms. The van der Waals surface area contributed by atoms with Crippen molar-refractivity contribution in [3.63, 3.8) is 0 Å². The van der Waals surface area contributed by atoms with E-state index in [0.29, 0.717) is 31.5 Å². The number of carbonyl (C=O) groups excluding carboxylic acids is 1. The molecule has 6 heteroatoms. The van der Waals surface area contributed by atoms with Crippen molar-refractivity contribution in [3.8, 4) is 0 Å². The summed E-state index contributed by atoms with van der Waals surface area (Å²) in [5, 5.41) is 11.9. The molecule has 1 aromatic carbocycles. The lowest BCUT2D eigenvalue weighted by Crippen LogP contribution is -2.47. The van der Waals surface area contributed by atoms with Crippen molar-refractivity contribution in [2.24, 2.45) is 16.3 Å². The fourth-order valence-electron chi connectivity index (χ4n) is 2.58. The summed E-state index contributed by atoms with van der Waals surface area (Å²) in [7, 11) is 0. The van der Waals surface area contributed by atoms with Gasteiger partial charge in [0.2, 0.25) is 0 Å². The lowest BCUT2D eigenvalue weighted by atomic mass is 9.79. The van der Waals surface area contributed by atoms with Crippen LogP contribution in [0.5, 0.6) is 0 Å². The Morgan fingerprint density at radius 2 is 2.05 bits per heavy atom. The Morgan fingerprint density at radius 1 is 1.43 bits per heavy atom. The van der Waals surface area contributed by atoms with Crippen molar-refractivity contribution in [2.45, 2.75) is 26.7 Å². The van der Waals surface area contributed by atoms with Crippen molar-refractivity contribution in [3.05, 3.63) is 35.1 Å². The molecule has 1 saturated heterocycles. The van der Waals surface area contributed by atoms with Crippen LogP contribution < -0.4 is 5.73 Å². The van der Waals surface area contributed by atoms with Crippen LogP contribution in [0.3, 0.4) is 0 Å². The van der Waals surface area contributed by atoms with Crippen molar-refractivity contribution < 1.29 is 14.4 Å². The second kappa shape index (κ2) is 5.71. The lowest BCUT2D eigenvalue weighted by molar-refractivity contribution is 0.0665. The van der Waals surface area contributed by atoms with E-state index < -0.39 is 11.2 Å². The first-order valence-corrected chi connectivity index (χ1v) is 6.91. The highest BCUT2D eigenvalue weighted by Gasteiger charge is 2.36. The summed E-state index contributed by atoms with van der Waals surface area (Å²) >= 11 is 0. The second-order valence-corrected chi connectivity index (χ2v) is 5.80. The van der Waals surface area contributed by atoms with E-state index in [4.69, 9.17) is 10.9 Å². The lowest BCUT2D eigenvalue weighted by Gasteiger charge is -2.38. The van der Waals surface area contributed by atoms with Gasteiger partial charge in [0.15, 0.2) is 0 Å². The van der Waals surface area contributed by atoms with Gasteiger partial charge < -0.3 is 15.8 Å². The zero-order valence-electron chi connectivity index (χ0n) is 12.3. The maximum atomic E-state index is 13.3. The minimum absolute atomic E-state index is 0.173. The second-order valence-electron chi connectivity index (χ2n) is 5.80. The number of aryl methyl sites for hydroxylation is 1. The number of halogens is 1. The van der Waals surface area contributed by atoms with E-state index in [2.05, 4.69) is 5.16 Å². The number of hydrogen-bond acceptors (Lipinski definition) is 3. The van der Waals surface area contributed by atoms with E-state index in [-0.39, 0.29) is 11.7 Å². The normalized spacial score (nSPS) is 18.6. The summed E-state index contributed by atoms with van der Waals surface area (Å²) < 4.78 is 13.3. The maximum absolute atomic E-state index is 13.3. The molecule has 5 nitrogen and oxygen atoms in total. The van der Waals surface area contributed by atoms with Crippen LogP contribution in [0.25, 0.3) is 0 Å². The van der Waals surface area contributed by atoms with E-state index in [1.165, 1.54) is 12.1 Å². The van der Waals surface area contributed by atoms with Crippen LogP contribution in [0.1, 0.15) is 35.7 Å². The summed E-state index contributed by atoms with van der Waals surface area (Å²) in [6, 6.07) is 4.22. The minimum atomic E-state index is -0.414. The monoisotopic (exact) mass is 293 g/mol. The van der Waals surface area contributed by atoms with Gasteiger partial charge in [-0.05, 0) is 37.5 Å². The number of amidine groups is 1. The molecule has 1 fully saturated rings. The third-order valence-corrected chi connectivity index (χ3v) is 4.31. The predicted octanol–water partition coefficient (Wildman–Crippen LogP) is 2.12. The van der Waals surface area contributed by atoms with Gasteiger partial charge in [0.25, 0.3) is 5.91 Å². The number of rotatable bonds is 2. The molecule has 1 aromatic rings. The third kappa shape index (κ3) is 2.99. The Morgan fingerprint density at radius 3 is 2.62 bits per heavy atom. The van der Waals surface area contributed by atoms with E-state index in [9.17, 15) is 9.18 Å². The molecular formula is C15H20FN3O2. The third-order valence-electron chi connectivity index (χ3n) is 4.31. The Bertz CT molecular complexity index is 578. The van der Waals surface area contributed by atoms with E-state index in [0.717, 1.165) is 5.56 Å². The number of oxime groups is 1. The van der Waals surface area contributed by atoms with Gasteiger partial charge in [-0.2, -0.15) is 0 Å². The molecule has 0 unspecified atom stereocenters. The van der Waals surface area contributed by atoms with Crippen LogP contribution in [-0.2, 0) is 0 Å². The van der Waals surface area contributed by atoms with Crippen LogP contribution in [0, 0.1) is 18.2 Å². The standard InChI is InChI=1S/C15H20FN3O2/c1-10-3-4-11(16)9-12(10)13(20)19-7-5-15(2,6-8-19)14(17)18-21/h3-4,9,21H,5-8H2,1-2H3,(H2,17,18). The Hall–Kier alpha value is -2.11. The first kappa shape index (κ1) is 15.3. The first-order valence-electron chi connectivity index (χ1n) is 6.91. The van der Waals surface area contributed by atoms with E-state index in [1.54, 1.807) is 17.9 Å². The number of likely N-dealkylation sites (tertiary alicyclic amines) is 1. The van der Waals surface area contributed by atoms with Gasteiger partial charge in [-0.15, -0.1) is 0 Å². The van der Waals surface area contributed by atoms with Crippen molar-refractivity contribution in [1.29, 1.82) is 0 Å². The van der Waals surface area contributed by atoms with E-state index >= 15 is 0 Å². The first-order chi connectivity index (χ1) is 9.87. The number of amides is 1. The molecule has 1 heterocycles. The molecule has 0 spiro atoms. The smallest absolute Gasteiger partial charge is 0.254 e. The number of carbonyl (C=O) groups is 1. The summed E-state index contributed by atoms with van der Waals surface area (Å²) in [4.78, 5) is 14.2. The fraction of sp³-hybridized carbons (Fsp3) is 0.467. The van der Waals surface area contributed by atoms with Crippen molar-refractivity contribution >= 4 is 11.7 Å². The van der Waals surface area contributed by atoms with Crippen LogP contribution in [0.4, 0.5) is 4.39 Å². The molecule has 1 aliphatic heterocycles. The van der Waals surface area contributed by atoms with Crippen LogP contribution in [0.15, 0.2) is 23.4 Å². The Kier molecular flexibility index (Phi) is 4.16. The van der Waals surface area contributed by atoms with Gasteiger partial charge in [-0.25, -0.2) is 4.39 Å². The van der Waals surface area contributed by atoms with E-state index in [1.807, 2.05) is 6.92 Å². The minimum Gasteiger partial charge on any atom is -0.409 e. The SMILES string of the molecule is Cc1ccc(F)cc1C(=O)N1CCC(C)(/C(N)=N/O)CC1. The molecule has 2 rings (SSSR count). The van der Waals surface area contributed by atoms with Gasteiger partial charge in [-0.1, -0.05) is 18.1 Å². The molecule has 0 aliphatic carbocycles. The highest BCUT2D eigenvalue weighted by Crippen LogP contribution is 2.31. The molecule has 114 valence electrons. The summed E-state index contributed by atoms with van der Waals surface area (Å²) in [5.74, 6) is -0.396. The molecule has 0 aromatic heterocycles. The van der Waals surface area contributed by atoms with Gasteiger partial charge in [0, 0.05) is 24.1 Å². The van der Waals surface area contributed by atoms with Gasteiger partial charge in [0.1, 0.15) is 11.7 Å². The highest BCUT2D eigenvalue weighted by atomic mass is 19.1. The number of piperidine rings is 1. The van der Waals surface area contributed by atoms with Gasteiger partial charge in [-0.3, -0.25) is 4.79 Å². The average molecular weight is 293 g/mol. The fourth-order valence-corrected chi connectivity index (χ4v) is 2.58.